The summed E-state index contributed by atoms with van der Waals surface area (Å²) in [6.07, 6.45) is 1.20. The zero-order valence-corrected chi connectivity index (χ0v) is 9.75. The second kappa shape index (κ2) is 5.04. The zero-order valence-electron chi connectivity index (χ0n) is 9.75. The van der Waals surface area contributed by atoms with Gasteiger partial charge >= 0.3 is 0 Å². The van der Waals surface area contributed by atoms with Gasteiger partial charge in [-0.05, 0) is 39.3 Å². The lowest BCUT2D eigenvalue weighted by Crippen LogP contribution is -2.31. The third-order valence-electron chi connectivity index (χ3n) is 2.45. The van der Waals surface area contributed by atoms with Crippen LogP contribution in [0.2, 0.25) is 0 Å². The smallest absolute Gasteiger partial charge is 0.0368 e. The van der Waals surface area contributed by atoms with Crippen LogP contribution >= 0.6 is 0 Å². The first-order chi connectivity index (χ1) is 6.65. The Hall–Kier alpha value is -0.980. The van der Waals surface area contributed by atoms with Gasteiger partial charge in [0.15, 0.2) is 0 Å². The molecule has 1 aromatic rings. The second-order valence-corrected chi connectivity index (χ2v) is 4.12. The minimum Gasteiger partial charge on any atom is -0.369 e. The number of nitrogens with zero attached hydrogens (tertiary/aromatic N) is 1. The first kappa shape index (κ1) is 11.1. The molecule has 0 bridgehead atoms. The van der Waals surface area contributed by atoms with Crippen molar-refractivity contribution in [1.29, 1.82) is 0 Å². The Bertz CT molecular complexity index is 261. The summed E-state index contributed by atoms with van der Waals surface area (Å²) in [5, 5.41) is 0. The normalized spacial score (nSPS) is 10.6. The molecule has 0 heterocycles. The van der Waals surface area contributed by atoms with Crippen molar-refractivity contribution in [3.05, 3.63) is 29.8 Å². The van der Waals surface area contributed by atoms with E-state index in [1.807, 2.05) is 0 Å². The molecule has 78 valence electrons. The van der Waals surface area contributed by atoms with Crippen molar-refractivity contribution in [2.24, 2.45) is 0 Å². The predicted octanol–water partition coefficient (Wildman–Crippen LogP) is 3.62. The molecule has 14 heavy (non-hydrogen) atoms. The van der Waals surface area contributed by atoms with E-state index in [2.05, 4.69) is 56.9 Å². The van der Waals surface area contributed by atoms with Crippen LogP contribution in [0.5, 0.6) is 0 Å². The molecule has 0 fully saturated rings. The standard InChI is InChI=1S/C13H21N/c1-5-10-14(11(2)3)13-8-6-12(4)7-9-13/h6-9,11H,5,10H2,1-4H3. The minimum absolute atomic E-state index is 0.581. The van der Waals surface area contributed by atoms with Crippen LogP contribution in [-0.2, 0) is 0 Å². The van der Waals surface area contributed by atoms with E-state index >= 15 is 0 Å². The summed E-state index contributed by atoms with van der Waals surface area (Å²) < 4.78 is 0. The molecule has 0 aliphatic heterocycles. The van der Waals surface area contributed by atoms with Crippen molar-refractivity contribution in [1.82, 2.24) is 0 Å². The lowest BCUT2D eigenvalue weighted by molar-refractivity contribution is 0.671. The summed E-state index contributed by atoms with van der Waals surface area (Å²) in [4.78, 5) is 2.44. The fraction of sp³-hybridized carbons (Fsp3) is 0.538. The number of benzene rings is 1. The highest BCUT2D eigenvalue weighted by Crippen LogP contribution is 2.17. The van der Waals surface area contributed by atoms with E-state index in [4.69, 9.17) is 0 Å². The molecule has 0 N–H and O–H groups in total. The maximum absolute atomic E-state index is 2.44. The summed E-state index contributed by atoms with van der Waals surface area (Å²) in [6.45, 7) is 9.98. The van der Waals surface area contributed by atoms with Gasteiger partial charge in [0, 0.05) is 18.3 Å². The van der Waals surface area contributed by atoms with E-state index in [1.165, 1.54) is 17.7 Å². The Morgan fingerprint density at radius 1 is 1.14 bits per heavy atom. The third-order valence-corrected chi connectivity index (χ3v) is 2.45. The van der Waals surface area contributed by atoms with Crippen molar-refractivity contribution in [2.45, 2.75) is 40.2 Å². The highest BCUT2D eigenvalue weighted by atomic mass is 15.1. The second-order valence-electron chi connectivity index (χ2n) is 4.12. The first-order valence-electron chi connectivity index (χ1n) is 5.48. The average Bonchev–Trinajstić information content (AvgIpc) is 2.15. The summed E-state index contributed by atoms with van der Waals surface area (Å²) in [7, 11) is 0. The molecule has 0 aliphatic rings. The average molecular weight is 191 g/mol. The molecule has 0 saturated heterocycles. The van der Waals surface area contributed by atoms with Crippen molar-refractivity contribution in [3.63, 3.8) is 0 Å². The van der Waals surface area contributed by atoms with Crippen molar-refractivity contribution >= 4 is 5.69 Å². The molecule has 0 amide bonds. The number of aryl methyl sites for hydroxylation is 1. The molecule has 0 aromatic heterocycles. The highest BCUT2D eigenvalue weighted by molar-refractivity contribution is 5.48. The molecule has 0 aliphatic carbocycles. The molecule has 0 unspecified atom stereocenters. The topological polar surface area (TPSA) is 3.24 Å². The fourth-order valence-corrected chi connectivity index (χ4v) is 1.66. The summed E-state index contributed by atoms with van der Waals surface area (Å²) in [5.41, 5.74) is 2.67. The summed E-state index contributed by atoms with van der Waals surface area (Å²) in [5.74, 6) is 0. The Labute approximate surface area is 87.7 Å². The maximum Gasteiger partial charge on any atom is 0.0368 e. The lowest BCUT2D eigenvalue weighted by atomic mass is 10.2. The molecular weight excluding hydrogens is 170 g/mol. The van der Waals surface area contributed by atoms with Gasteiger partial charge in [0.1, 0.15) is 0 Å². The lowest BCUT2D eigenvalue weighted by Gasteiger charge is -2.28. The van der Waals surface area contributed by atoms with E-state index in [1.54, 1.807) is 0 Å². The highest BCUT2D eigenvalue weighted by Gasteiger charge is 2.08. The molecule has 1 aromatic carbocycles. The van der Waals surface area contributed by atoms with Gasteiger partial charge in [-0.2, -0.15) is 0 Å². The van der Waals surface area contributed by atoms with E-state index in [0.29, 0.717) is 6.04 Å². The van der Waals surface area contributed by atoms with Crippen LogP contribution < -0.4 is 4.90 Å². The van der Waals surface area contributed by atoms with Gasteiger partial charge < -0.3 is 4.90 Å². The SMILES string of the molecule is CCCN(c1ccc(C)cc1)C(C)C. The molecule has 0 atom stereocenters. The van der Waals surface area contributed by atoms with Crippen molar-refractivity contribution in [3.8, 4) is 0 Å². The van der Waals surface area contributed by atoms with Crippen LogP contribution in [0, 0.1) is 6.92 Å². The van der Waals surface area contributed by atoms with E-state index in [-0.39, 0.29) is 0 Å². The van der Waals surface area contributed by atoms with Gasteiger partial charge in [-0.3, -0.25) is 0 Å². The first-order valence-corrected chi connectivity index (χ1v) is 5.48. The van der Waals surface area contributed by atoms with E-state index < -0.39 is 0 Å². The quantitative estimate of drug-likeness (QED) is 0.702. The van der Waals surface area contributed by atoms with Gasteiger partial charge in [-0.1, -0.05) is 24.6 Å². The van der Waals surface area contributed by atoms with Crippen LogP contribution in [0.15, 0.2) is 24.3 Å². The maximum atomic E-state index is 2.44. The predicted molar refractivity (Wildman–Crippen MR) is 64.0 cm³/mol. The Balaban J connectivity index is 2.82. The molecular formula is C13H21N. The zero-order chi connectivity index (χ0) is 10.6. The van der Waals surface area contributed by atoms with Crippen LogP contribution in [0.3, 0.4) is 0 Å². The van der Waals surface area contributed by atoms with Crippen molar-refractivity contribution in [2.75, 3.05) is 11.4 Å². The van der Waals surface area contributed by atoms with Gasteiger partial charge in [0.25, 0.3) is 0 Å². The van der Waals surface area contributed by atoms with E-state index in [9.17, 15) is 0 Å². The molecule has 0 radical (unpaired) electrons. The number of hydrogen-bond donors (Lipinski definition) is 0. The Morgan fingerprint density at radius 2 is 1.71 bits per heavy atom. The van der Waals surface area contributed by atoms with Crippen LogP contribution in [0.4, 0.5) is 5.69 Å². The number of hydrogen-bond acceptors (Lipinski definition) is 1. The third kappa shape index (κ3) is 2.76. The molecule has 0 saturated carbocycles. The van der Waals surface area contributed by atoms with Crippen molar-refractivity contribution < 1.29 is 0 Å². The van der Waals surface area contributed by atoms with Gasteiger partial charge in [0.05, 0.1) is 0 Å². The minimum atomic E-state index is 0.581. The number of rotatable bonds is 4. The van der Waals surface area contributed by atoms with Gasteiger partial charge in [0.2, 0.25) is 0 Å². The van der Waals surface area contributed by atoms with Crippen LogP contribution in [-0.4, -0.2) is 12.6 Å². The van der Waals surface area contributed by atoms with Gasteiger partial charge in [-0.25, -0.2) is 0 Å². The number of anilines is 1. The van der Waals surface area contributed by atoms with Crippen LogP contribution in [0.25, 0.3) is 0 Å². The molecule has 1 heteroatoms. The van der Waals surface area contributed by atoms with Crippen LogP contribution in [0.1, 0.15) is 32.8 Å². The Morgan fingerprint density at radius 3 is 2.14 bits per heavy atom. The summed E-state index contributed by atoms with van der Waals surface area (Å²) >= 11 is 0. The van der Waals surface area contributed by atoms with E-state index in [0.717, 1.165) is 6.54 Å². The monoisotopic (exact) mass is 191 g/mol. The summed E-state index contributed by atoms with van der Waals surface area (Å²) in [6, 6.07) is 9.37. The largest absolute Gasteiger partial charge is 0.369 e. The molecule has 1 nitrogen and oxygen atoms in total. The Kier molecular flexibility index (Phi) is 3.99. The molecule has 0 spiro atoms. The van der Waals surface area contributed by atoms with Gasteiger partial charge in [-0.15, -0.1) is 0 Å². The molecule has 1 rings (SSSR count). The fourth-order valence-electron chi connectivity index (χ4n) is 1.66.